The van der Waals surface area contributed by atoms with Crippen LogP contribution in [-0.2, 0) is 18.8 Å². The highest BCUT2D eigenvalue weighted by molar-refractivity contribution is 6.76. The standard InChI is InChI=1S/C24H45NO4Si2/c1-18-17-20(26)25-24(18,22(27)28-15-16-30(5,6)7)21(19-13-11-10-12-14-19)29-31(8,9)23(2,3)4/h17,19,21H,10-16H2,1-9H3,(H,25,26)/t21-,24-/m0/s1. The van der Waals surface area contributed by atoms with Gasteiger partial charge in [-0.25, -0.2) is 4.79 Å². The maximum Gasteiger partial charge on any atom is 0.338 e. The number of ether oxygens (including phenoxy) is 1. The van der Waals surface area contributed by atoms with Gasteiger partial charge >= 0.3 is 5.97 Å². The second-order valence-corrected chi connectivity index (χ2v) is 22.6. The number of amides is 1. The van der Waals surface area contributed by atoms with Crippen molar-refractivity contribution in [2.24, 2.45) is 5.92 Å². The van der Waals surface area contributed by atoms with Gasteiger partial charge < -0.3 is 14.5 Å². The SMILES string of the molecule is CC1=CC(=O)N[C@]1(C(=O)OCC[Si](C)(C)C)[C@@H](O[Si](C)(C)C(C)(C)C)C1CCCCC1. The van der Waals surface area contributed by atoms with Crippen LogP contribution in [-0.4, -0.2) is 46.5 Å². The van der Waals surface area contributed by atoms with Crippen LogP contribution in [0, 0.1) is 5.92 Å². The Hall–Kier alpha value is -0.926. The molecule has 2 rings (SSSR count). The summed E-state index contributed by atoms with van der Waals surface area (Å²) in [5.74, 6) is -0.340. The van der Waals surface area contributed by atoms with Gasteiger partial charge in [0.25, 0.3) is 0 Å². The molecule has 1 heterocycles. The Morgan fingerprint density at radius 1 is 1.16 bits per heavy atom. The Morgan fingerprint density at radius 3 is 2.19 bits per heavy atom. The van der Waals surface area contributed by atoms with Crippen LogP contribution in [0.5, 0.6) is 0 Å². The van der Waals surface area contributed by atoms with E-state index in [-0.39, 0.29) is 22.8 Å². The van der Waals surface area contributed by atoms with Crippen LogP contribution in [0.3, 0.4) is 0 Å². The maximum absolute atomic E-state index is 13.7. The summed E-state index contributed by atoms with van der Waals surface area (Å²) in [6.07, 6.45) is 6.70. The molecule has 1 aliphatic carbocycles. The fourth-order valence-corrected chi connectivity index (χ4v) is 6.37. The maximum atomic E-state index is 13.7. The molecule has 1 fully saturated rings. The first kappa shape index (κ1) is 26.3. The number of hydrogen-bond acceptors (Lipinski definition) is 4. The predicted molar refractivity (Wildman–Crippen MR) is 132 cm³/mol. The van der Waals surface area contributed by atoms with Gasteiger partial charge in [-0.2, -0.15) is 0 Å². The molecule has 0 unspecified atom stereocenters. The zero-order valence-corrected chi connectivity index (χ0v) is 23.3. The van der Waals surface area contributed by atoms with Crippen molar-refractivity contribution in [1.82, 2.24) is 5.32 Å². The first-order chi connectivity index (χ1) is 14.1. The summed E-state index contributed by atoms with van der Waals surface area (Å²) in [6.45, 7) is 20.2. The molecule has 1 saturated carbocycles. The molecule has 2 atom stereocenters. The first-order valence-corrected chi connectivity index (χ1v) is 18.6. The highest BCUT2D eigenvalue weighted by Gasteiger charge is 2.58. The quantitative estimate of drug-likeness (QED) is 0.370. The minimum atomic E-state index is -2.20. The monoisotopic (exact) mass is 467 g/mol. The van der Waals surface area contributed by atoms with Gasteiger partial charge in [0.1, 0.15) is 0 Å². The molecule has 1 aliphatic heterocycles. The molecule has 1 amide bonds. The van der Waals surface area contributed by atoms with Crippen LogP contribution in [0.25, 0.3) is 0 Å². The molecular weight excluding hydrogens is 422 g/mol. The number of carbonyl (C=O) groups excluding carboxylic acids is 2. The molecular formula is C24H45NO4Si2. The number of nitrogens with one attached hydrogen (secondary N) is 1. The Bertz CT molecular complexity index is 699. The van der Waals surface area contributed by atoms with Crippen LogP contribution in [0.2, 0.25) is 43.8 Å². The lowest BCUT2D eigenvalue weighted by molar-refractivity contribution is -0.156. The summed E-state index contributed by atoms with van der Waals surface area (Å²) in [6, 6.07) is 0.905. The summed E-state index contributed by atoms with van der Waals surface area (Å²) in [5, 5.41) is 3.04. The van der Waals surface area contributed by atoms with Crippen molar-refractivity contribution < 1.29 is 18.8 Å². The molecule has 0 saturated heterocycles. The molecule has 0 radical (unpaired) electrons. The minimum absolute atomic E-state index is 0.00305. The molecule has 2 aliphatic rings. The minimum Gasteiger partial charge on any atom is -0.464 e. The van der Waals surface area contributed by atoms with Crippen molar-refractivity contribution in [2.75, 3.05) is 6.61 Å². The van der Waals surface area contributed by atoms with Crippen molar-refractivity contribution in [1.29, 1.82) is 0 Å². The van der Waals surface area contributed by atoms with Crippen molar-refractivity contribution in [3.63, 3.8) is 0 Å². The Kier molecular flexibility index (Phi) is 8.08. The second-order valence-electron chi connectivity index (χ2n) is 12.3. The average molecular weight is 468 g/mol. The van der Waals surface area contributed by atoms with Gasteiger partial charge in [-0.15, -0.1) is 0 Å². The normalized spacial score (nSPS) is 24.5. The van der Waals surface area contributed by atoms with Gasteiger partial charge in [-0.05, 0) is 55.4 Å². The molecule has 0 spiro atoms. The van der Waals surface area contributed by atoms with Crippen molar-refractivity contribution >= 4 is 28.3 Å². The highest BCUT2D eigenvalue weighted by atomic mass is 28.4. The van der Waals surface area contributed by atoms with Crippen molar-refractivity contribution in [2.45, 2.75) is 115 Å². The molecule has 1 N–H and O–H groups in total. The molecule has 178 valence electrons. The largest absolute Gasteiger partial charge is 0.464 e. The van der Waals surface area contributed by atoms with E-state index in [1.807, 2.05) is 6.92 Å². The molecule has 31 heavy (non-hydrogen) atoms. The van der Waals surface area contributed by atoms with E-state index in [4.69, 9.17) is 9.16 Å². The summed E-state index contributed by atoms with van der Waals surface area (Å²) in [4.78, 5) is 26.2. The number of rotatable bonds is 8. The average Bonchev–Trinajstić information content (AvgIpc) is 2.93. The Labute approximate surface area is 191 Å². The van der Waals surface area contributed by atoms with Gasteiger partial charge in [0.2, 0.25) is 5.91 Å². The third-order valence-electron chi connectivity index (χ3n) is 7.43. The zero-order valence-electron chi connectivity index (χ0n) is 21.3. The van der Waals surface area contributed by atoms with Gasteiger partial charge in [0.15, 0.2) is 13.9 Å². The molecule has 0 bridgehead atoms. The summed E-state index contributed by atoms with van der Waals surface area (Å²) in [5.41, 5.74) is -0.488. The lowest BCUT2D eigenvalue weighted by Gasteiger charge is -2.48. The van der Waals surface area contributed by atoms with Crippen molar-refractivity contribution in [3.8, 4) is 0 Å². The first-order valence-electron chi connectivity index (χ1n) is 12.0. The van der Waals surface area contributed by atoms with Crippen molar-refractivity contribution in [3.05, 3.63) is 11.6 Å². The molecule has 5 nitrogen and oxygen atoms in total. The van der Waals surface area contributed by atoms with Gasteiger partial charge in [-0.1, -0.05) is 59.7 Å². The van der Waals surface area contributed by atoms with Crippen LogP contribution < -0.4 is 5.32 Å². The number of carbonyl (C=O) groups is 2. The van der Waals surface area contributed by atoms with E-state index >= 15 is 0 Å². The third-order valence-corrected chi connectivity index (χ3v) is 13.6. The fourth-order valence-electron chi connectivity index (χ4n) is 4.30. The van der Waals surface area contributed by atoms with E-state index in [2.05, 4.69) is 58.8 Å². The van der Waals surface area contributed by atoms with Crippen LogP contribution in [0.4, 0.5) is 0 Å². The molecule has 0 aromatic carbocycles. The van der Waals surface area contributed by atoms with Gasteiger partial charge in [-0.3, -0.25) is 4.79 Å². The summed E-state index contributed by atoms with van der Waals surface area (Å²) in [7, 11) is -3.55. The van der Waals surface area contributed by atoms with E-state index < -0.39 is 28.0 Å². The molecule has 0 aromatic rings. The van der Waals surface area contributed by atoms with E-state index in [1.165, 1.54) is 6.42 Å². The molecule has 7 heteroatoms. The Balaban J connectivity index is 2.45. The van der Waals surface area contributed by atoms with Crippen LogP contribution >= 0.6 is 0 Å². The van der Waals surface area contributed by atoms with E-state index in [9.17, 15) is 9.59 Å². The van der Waals surface area contributed by atoms with E-state index in [0.717, 1.165) is 37.3 Å². The topological polar surface area (TPSA) is 64.6 Å². The number of hydrogen-bond donors (Lipinski definition) is 1. The predicted octanol–water partition coefficient (Wildman–Crippen LogP) is 5.65. The second kappa shape index (κ2) is 9.51. The summed E-state index contributed by atoms with van der Waals surface area (Å²) >= 11 is 0. The smallest absolute Gasteiger partial charge is 0.338 e. The third kappa shape index (κ3) is 6.11. The zero-order chi connectivity index (χ0) is 23.7. The van der Waals surface area contributed by atoms with Crippen LogP contribution in [0.15, 0.2) is 11.6 Å². The Morgan fingerprint density at radius 2 is 1.74 bits per heavy atom. The molecule has 0 aromatic heterocycles. The van der Waals surface area contributed by atoms with E-state index in [1.54, 1.807) is 6.08 Å². The summed E-state index contributed by atoms with van der Waals surface area (Å²) < 4.78 is 12.9. The lowest BCUT2D eigenvalue weighted by Crippen LogP contribution is -2.66. The fraction of sp³-hybridized carbons (Fsp3) is 0.833. The van der Waals surface area contributed by atoms with Gasteiger partial charge in [0.05, 0.1) is 12.7 Å². The highest BCUT2D eigenvalue weighted by Crippen LogP contribution is 2.45. The van der Waals surface area contributed by atoms with Gasteiger partial charge in [0, 0.05) is 14.1 Å². The van der Waals surface area contributed by atoms with E-state index in [0.29, 0.717) is 6.61 Å². The number of esters is 1. The van der Waals surface area contributed by atoms with Crippen LogP contribution in [0.1, 0.15) is 59.8 Å². The lowest BCUT2D eigenvalue weighted by atomic mass is 9.74.